The number of nitrogens with one attached hydrogen (secondary N) is 1. The number of nitrogens with zero attached hydrogens (tertiary/aromatic N) is 1. The van der Waals surface area contributed by atoms with Crippen LogP contribution in [0.25, 0.3) is 0 Å². The van der Waals surface area contributed by atoms with Crippen molar-refractivity contribution >= 4 is 23.0 Å². The summed E-state index contributed by atoms with van der Waals surface area (Å²) >= 11 is 6.12. The fourth-order valence-electron chi connectivity index (χ4n) is 1.90. The molecule has 0 atom stereocenters. The quantitative estimate of drug-likeness (QED) is 0.886. The highest BCUT2D eigenvalue weighted by Gasteiger charge is 2.00. The van der Waals surface area contributed by atoms with E-state index in [9.17, 15) is 0 Å². The van der Waals surface area contributed by atoms with E-state index in [0.717, 1.165) is 28.5 Å². The molecular formula is C16H19ClN2. The van der Waals surface area contributed by atoms with Crippen LogP contribution in [0.3, 0.4) is 0 Å². The lowest BCUT2D eigenvalue weighted by Gasteiger charge is -2.11. The molecule has 0 saturated heterocycles. The summed E-state index contributed by atoms with van der Waals surface area (Å²) in [6.07, 6.45) is 0. The summed E-state index contributed by atoms with van der Waals surface area (Å²) in [5.74, 6) is 0. The average molecular weight is 275 g/mol. The van der Waals surface area contributed by atoms with Gasteiger partial charge in [0.15, 0.2) is 0 Å². The molecule has 0 spiro atoms. The first-order valence-electron chi connectivity index (χ1n) is 6.31. The van der Waals surface area contributed by atoms with Gasteiger partial charge in [-0.1, -0.05) is 29.8 Å². The van der Waals surface area contributed by atoms with Gasteiger partial charge in [0.2, 0.25) is 0 Å². The highest BCUT2D eigenvalue weighted by atomic mass is 35.5. The van der Waals surface area contributed by atoms with E-state index >= 15 is 0 Å². The number of hydrogen-bond acceptors (Lipinski definition) is 2. The number of hydrogen-bond donors (Lipinski definition) is 1. The van der Waals surface area contributed by atoms with Crippen molar-refractivity contribution in [1.82, 2.24) is 4.90 Å². The number of rotatable bonds is 4. The highest BCUT2D eigenvalue weighted by molar-refractivity contribution is 6.31. The van der Waals surface area contributed by atoms with E-state index in [-0.39, 0.29) is 0 Å². The zero-order chi connectivity index (χ0) is 13.8. The molecule has 0 heterocycles. The third-order valence-corrected chi connectivity index (χ3v) is 3.32. The van der Waals surface area contributed by atoms with Crippen molar-refractivity contribution < 1.29 is 0 Å². The first-order chi connectivity index (χ1) is 9.04. The Balaban J connectivity index is 2.08. The van der Waals surface area contributed by atoms with Crippen LogP contribution in [0.4, 0.5) is 11.4 Å². The van der Waals surface area contributed by atoms with E-state index in [0.29, 0.717) is 0 Å². The maximum Gasteiger partial charge on any atom is 0.0455 e. The Labute approximate surface area is 120 Å². The second-order valence-electron chi connectivity index (χ2n) is 5.02. The van der Waals surface area contributed by atoms with Crippen LogP contribution in [0.15, 0.2) is 42.5 Å². The molecule has 0 amide bonds. The summed E-state index contributed by atoms with van der Waals surface area (Å²) in [5.41, 5.74) is 4.48. The lowest BCUT2D eigenvalue weighted by atomic mass is 10.2. The summed E-state index contributed by atoms with van der Waals surface area (Å²) in [6, 6.07) is 14.5. The minimum atomic E-state index is 0.786. The van der Waals surface area contributed by atoms with Crippen LogP contribution in [-0.4, -0.2) is 19.0 Å². The molecule has 0 aliphatic carbocycles. The van der Waals surface area contributed by atoms with Gasteiger partial charge in [0.25, 0.3) is 0 Å². The largest absolute Gasteiger partial charge is 0.355 e. The van der Waals surface area contributed by atoms with Gasteiger partial charge in [-0.05, 0) is 56.4 Å². The predicted octanol–water partition coefficient (Wildman–Crippen LogP) is 4.45. The van der Waals surface area contributed by atoms with Gasteiger partial charge in [0.1, 0.15) is 0 Å². The van der Waals surface area contributed by atoms with Crippen LogP contribution in [0, 0.1) is 6.92 Å². The lowest BCUT2D eigenvalue weighted by molar-refractivity contribution is 0.402. The zero-order valence-corrected chi connectivity index (χ0v) is 12.3. The molecule has 0 radical (unpaired) electrons. The fraction of sp³-hybridized carbons (Fsp3) is 0.250. The normalized spacial score (nSPS) is 10.8. The van der Waals surface area contributed by atoms with Crippen LogP contribution in [0.5, 0.6) is 0 Å². The first kappa shape index (κ1) is 13.9. The van der Waals surface area contributed by atoms with E-state index in [4.69, 9.17) is 11.6 Å². The summed E-state index contributed by atoms with van der Waals surface area (Å²) in [6.45, 7) is 2.96. The monoisotopic (exact) mass is 274 g/mol. The number of anilines is 2. The third-order valence-electron chi connectivity index (χ3n) is 2.91. The Morgan fingerprint density at radius 3 is 2.21 bits per heavy atom. The molecule has 0 bridgehead atoms. The second kappa shape index (κ2) is 6.09. The minimum absolute atomic E-state index is 0.786. The van der Waals surface area contributed by atoms with Gasteiger partial charge in [-0.25, -0.2) is 0 Å². The van der Waals surface area contributed by atoms with Crippen LogP contribution in [0.2, 0.25) is 5.02 Å². The van der Waals surface area contributed by atoms with Crippen molar-refractivity contribution in [2.45, 2.75) is 13.5 Å². The van der Waals surface area contributed by atoms with E-state index in [1.54, 1.807) is 0 Å². The molecule has 0 aliphatic heterocycles. The van der Waals surface area contributed by atoms with E-state index in [1.165, 1.54) is 5.56 Å². The Hall–Kier alpha value is -1.51. The Bertz CT molecular complexity index is 547. The van der Waals surface area contributed by atoms with E-state index in [2.05, 4.69) is 48.6 Å². The molecule has 2 aromatic carbocycles. The van der Waals surface area contributed by atoms with Gasteiger partial charge in [-0.2, -0.15) is 0 Å². The molecule has 0 fully saturated rings. The van der Waals surface area contributed by atoms with E-state index in [1.807, 2.05) is 25.1 Å². The summed E-state index contributed by atoms with van der Waals surface area (Å²) < 4.78 is 0. The maximum absolute atomic E-state index is 6.12. The van der Waals surface area contributed by atoms with Crippen LogP contribution >= 0.6 is 11.6 Å². The van der Waals surface area contributed by atoms with Gasteiger partial charge in [-0.15, -0.1) is 0 Å². The Morgan fingerprint density at radius 1 is 1.00 bits per heavy atom. The predicted molar refractivity (Wildman–Crippen MR) is 83.3 cm³/mol. The van der Waals surface area contributed by atoms with Gasteiger partial charge >= 0.3 is 0 Å². The van der Waals surface area contributed by atoms with Crippen LogP contribution in [0.1, 0.15) is 11.1 Å². The Morgan fingerprint density at radius 2 is 1.63 bits per heavy atom. The van der Waals surface area contributed by atoms with Gasteiger partial charge < -0.3 is 10.2 Å². The average Bonchev–Trinajstić information content (AvgIpc) is 2.36. The molecule has 100 valence electrons. The zero-order valence-electron chi connectivity index (χ0n) is 11.6. The van der Waals surface area contributed by atoms with Gasteiger partial charge in [0.05, 0.1) is 0 Å². The van der Waals surface area contributed by atoms with Crippen LogP contribution in [-0.2, 0) is 6.54 Å². The minimum Gasteiger partial charge on any atom is -0.355 e. The number of aryl methyl sites for hydroxylation is 1. The molecule has 1 N–H and O–H groups in total. The highest BCUT2D eigenvalue weighted by Crippen LogP contribution is 2.23. The molecule has 2 aromatic rings. The van der Waals surface area contributed by atoms with Crippen molar-refractivity contribution in [3.05, 3.63) is 58.6 Å². The molecular weight excluding hydrogens is 256 g/mol. The van der Waals surface area contributed by atoms with Crippen molar-refractivity contribution in [3.8, 4) is 0 Å². The van der Waals surface area contributed by atoms with Crippen molar-refractivity contribution in [3.63, 3.8) is 0 Å². The molecule has 0 aliphatic rings. The smallest absolute Gasteiger partial charge is 0.0455 e. The molecule has 19 heavy (non-hydrogen) atoms. The summed E-state index contributed by atoms with van der Waals surface area (Å²) in [5, 5.41) is 4.14. The standard InChI is InChI=1S/C16H19ClN2/c1-12-4-7-15(10-16(12)17)18-14-8-5-13(6-9-14)11-19(2)3/h4-10,18H,11H2,1-3H3. The molecule has 0 aromatic heterocycles. The third kappa shape index (κ3) is 3.98. The Kier molecular flexibility index (Phi) is 4.46. The molecule has 0 saturated carbocycles. The molecule has 2 rings (SSSR count). The van der Waals surface area contributed by atoms with E-state index < -0.39 is 0 Å². The SMILES string of the molecule is Cc1ccc(Nc2ccc(CN(C)C)cc2)cc1Cl. The van der Waals surface area contributed by atoms with Gasteiger partial charge in [0, 0.05) is 22.9 Å². The number of benzene rings is 2. The number of halogens is 1. The van der Waals surface area contributed by atoms with Crippen LogP contribution < -0.4 is 5.32 Å². The molecule has 3 heteroatoms. The van der Waals surface area contributed by atoms with Gasteiger partial charge in [-0.3, -0.25) is 0 Å². The molecule has 2 nitrogen and oxygen atoms in total. The topological polar surface area (TPSA) is 15.3 Å². The lowest BCUT2D eigenvalue weighted by Crippen LogP contribution is -2.10. The van der Waals surface area contributed by atoms with Crippen molar-refractivity contribution in [2.24, 2.45) is 0 Å². The summed E-state index contributed by atoms with van der Waals surface area (Å²) in [7, 11) is 4.14. The second-order valence-corrected chi connectivity index (χ2v) is 5.43. The maximum atomic E-state index is 6.12. The first-order valence-corrected chi connectivity index (χ1v) is 6.69. The fourth-order valence-corrected chi connectivity index (χ4v) is 2.08. The summed E-state index contributed by atoms with van der Waals surface area (Å²) in [4.78, 5) is 2.15. The van der Waals surface area contributed by atoms with Crippen molar-refractivity contribution in [2.75, 3.05) is 19.4 Å². The van der Waals surface area contributed by atoms with Crippen molar-refractivity contribution in [1.29, 1.82) is 0 Å². The molecule has 0 unspecified atom stereocenters.